The van der Waals surface area contributed by atoms with E-state index in [-0.39, 0.29) is 5.91 Å². The van der Waals surface area contributed by atoms with Gasteiger partial charge in [-0.3, -0.25) is 4.79 Å². The van der Waals surface area contributed by atoms with Crippen molar-refractivity contribution in [1.82, 2.24) is 23.8 Å². The van der Waals surface area contributed by atoms with E-state index >= 15 is 0 Å². The van der Waals surface area contributed by atoms with Crippen molar-refractivity contribution in [3.8, 4) is 0 Å². The molecule has 1 aliphatic heterocycles. The van der Waals surface area contributed by atoms with Crippen molar-refractivity contribution >= 4 is 21.6 Å². The van der Waals surface area contributed by atoms with Crippen LogP contribution >= 0.6 is 0 Å². The topological polar surface area (TPSA) is 87.9 Å². The molecular weight excluding hydrogens is 438 g/mol. The van der Waals surface area contributed by atoms with Crippen LogP contribution in [-0.4, -0.2) is 64.3 Å². The van der Waals surface area contributed by atoms with E-state index in [1.54, 1.807) is 11.0 Å². The summed E-state index contributed by atoms with van der Waals surface area (Å²) in [6.07, 6.45) is 0.943. The van der Waals surface area contributed by atoms with E-state index in [1.807, 2.05) is 57.3 Å². The molecular formula is C24H31N5O3S. The number of aromatic nitrogens is 3. The standard InChI is InChI=1S/C24H31N5O3S/c1-16-6-7-17(2)22(14-16)33(31,32)28-12-10-27(11-13-28)24(30)9-8-21-19(4)25-23-15-18(3)26-29(23)20(21)5/h6-7,14-15H,8-13H2,1-5H3. The second-order valence-electron chi connectivity index (χ2n) is 8.87. The zero-order chi connectivity index (χ0) is 23.9. The molecule has 8 nitrogen and oxygen atoms in total. The molecule has 1 amide bonds. The predicted octanol–water partition coefficient (Wildman–Crippen LogP) is 2.74. The van der Waals surface area contributed by atoms with E-state index in [0.717, 1.165) is 39.4 Å². The number of carbonyl (C=O) groups is 1. The van der Waals surface area contributed by atoms with Crippen molar-refractivity contribution < 1.29 is 13.2 Å². The Labute approximate surface area is 195 Å². The first-order valence-corrected chi connectivity index (χ1v) is 12.7. The van der Waals surface area contributed by atoms with E-state index < -0.39 is 10.0 Å². The highest BCUT2D eigenvalue weighted by atomic mass is 32.2. The van der Waals surface area contributed by atoms with Gasteiger partial charge in [0, 0.05) is 50.1 Å². The Bertz CT molecular complexity index is 1320. The van der Waals surface area contributed by atoms with Crippen LogP contribution in [0.1, 0.15) is 40.2 Å². The molecule has 4 rings (SSSR count). The van der Waals surface area contributed by atoms with Gasteiger partial charge in [-0.05, 0) is 63.8 Å². The van der Waals surface area contributed by atoms with Crippen LogP contribution in [0.5, 0.6) is 0 Å². The molecule has 9 heteroatoms. The summed E-state index contributed by atoms with van der Waals surface area (Å²) in [4.78, 5) is 19.7. The van der Waals surface area contributed by atoms with E-state index in [0.29, 0.717) is 43.9 Å². The monoisotopic (exact) mass is 469 g/mol. The normalized spacial score (nSPS) is 15.4. The minimum atomic E-state index is -3.57. The molecule has 1 aromatic carbocycles. The molecule has 0 N–H and O–H groups in total. The Hall–Kier alpha value is -2.78. The van der Waals surface area contributed by atoms with Gasteiger partial charge in [-0.25, -0.2) is 17.9 Å². The summed E-state index contributed by atoms with van der Waals surface area (Å²) in [6, 6.07) is 7.41. The van der Waals surface area contributed by atoms with E-state index in [2.05, 4.69) is 10.1 Å². The summed E-state index contributed by atoms with van der Waals surface area (Å²) in [5.74, 6) is 0.0364. The van der Waals surface area contributed by atoms with Crippen LogP contribution < -0.4 is 0 Å². The highest BCUT2D eigenvalue weighted by molar-refractivity contribution is 7.89. The van der Waals surface area contributed by atoms with Crippen LogP contribution in [0.25, 0.3) is 5.65 Å². The number of piperazine rings is 1. The zero-order valence-electron chi connectivity index (χ0n) is 19.9. The molecule has 0 atom stereocenters. The molecule has 3 heterocycles. The van der Waals surface area contributed by atoms with E-state index in [1.165, 1.54) is 4.31 Å². The van der Waals surface area contributed by atoms with Crippen molar-refractivity contribution in [2.24, 2.45) is 0 Å². The highest BCUT2D eigenvalue weighted by Crippen LogP contribution is 2.23. The van der Waals surface area contributed by atoms with Crippen LogP contribution in [0.3, 0.4) is 0 Å². The van der Waals surface area contributed by atoms with Crippen molar-refractivity contribution in [3.05, 3.63) is 58.0 Å². The smallest absolute Gasteiger partial charge is 0.243 e. The van der Waals surface area contributed by atoms with Gasteiger partial charge in [0.25, 0.3) is 0 Å². The Morgan fingerprint density at radius 1 is 1.00 bits per heavy atom. The summed E-state index contributed by atoms with van der Waals surface area (Å²) in [6.45, 7) is 11.0. The Kier molecular flexibility index (Phi) is 6.28. The number of carbonyl (C=O) groups excluding carboxylic acids is 1. The van der Waals surface area contributed by atoms with Gasteiger partial charge in [0.1, 0.15) is 0 Å². The van der Waals surface area contributed by atoms with Gasteiger partial charge in [-0.15, -0.1) is 0 Å². The fourth-order valence-corrected chi connectivity index (χ4v) is 6.23. The molecule has 2 aromatic heterocycles. The second kappa shape index (κ2) is 8.87. The van der Waals surface area contributed by atoms with Crippen LogP contribution in [0.2, 0.25) is 0 Å². The Morgan fingerprint density at radius 3 is 2.39 bits per heavy atom. The third-order valence-corrected chi connectivity index (χ3v) is 8.47. The van der Waals surface area contributed by atoms with Gasteiger partial charge in [-0.2, -0.15) is 9.40 Å². The van der Waals surface area contributed by atoms with Gasteiger partial charge >= 0.3 is 0 Å². The number of amides is 1. The van der Waals surface area contributed by atoms with E-state index in [4.69, 9.17) is 0 Å². The first-order chi connectivity index (χ1) is 15.6. The molecule has 0 radical (unpaired) electrons. The highest BCUT2D eigenvalue weighted by Gasteiger charge is 2.31. The van der Waals surface area contributed by atoms with Crippen molar-refractivity contribution in [2.75, 3.05) is 26.2 Å². The largest absolute Gasteiger partial charge is 0.340 e. The van der Waals surface area contributed by atoms with Gasteiger partial charge in [0.05, 0.1) is 10.6 Å². The number of rotatable bonds is 5. The van der Waals surface area contributed by atoms with Crippen LogP contribution in [0.4, 0.5) is 0 Å². The van der Waals surface area contributed by atoms with Crippen LogP contribution in [-0.2, 0) is 21.2 Å². The summed E-state index contributed by atoms with van der Waals surface area (Å²) >= 11 is 0. The third-order valence-electron chi connectivity index (χ3n) is 6.43. The van der Waals surface area contributed by atoms with Crippen molar-refractivity contribution in [3.63, 3.8) is 0 Å². The van der Waals surface area contributed by atoms with Gasteiger partial charge in [0.2, 0.25) is 15.9 Å². The average molecular weight is 470 g/mol. The number of fused-ring (bicyclic) bond motifs is 1. The lowest BCUT2D eigenvalue weighted by Gasteiger charge is -2.34. The van der Waals surface area contributed by atoms with Gasteiger partial charge < -0.3 is 4.90 Å². The number of aryl methyl sites for hydroxylation is 5. The number of benzene rings is 1. The summed E-state index contributed by atoms with van der Waals surface area (Å²) in [5, 5.41) is 4.50. The molecule has 1 saturated heterocycles. The molecule has 176 valence electrons. The van der Waals surface area contributed by atoms with Crippen LogP contribution in [0, 0.1) is 34.6 Å². The van der Waals surface area contributed by atoms with Crippen molar-refractivity contribution in [1.29, 1.82) is 0 Å². The maximum atomic E-state index is 13.1. The molecule has 0 aliphatic carbocycles. The number of hydrogen-bond acceptors (Lipinski definition) is 5. The van der Waals surface area contributed by atoms with Gasteiger partial charge in [0.15, 0.2) is 5.65 Å². The predicted molar refractivity (Wildman–Crippen MR) is 127 cm³/mol. The lowest BCUT2D eigenvalue weighted by atomic mass is 10.1. The average Bonchev–Trinajstić information content (AvgIpc) is 3.15. The minimum absolute atomic E-state index is 0.0364. The van der Waals surface area contributed by atoms with Gasteiger partial charge in [-0.1, -0.05) is 12.1 Å². The second-order valence-corrected chi connectivity index (χ2v) is 10.8. The Morgan fingerprint density at radius 2 is 1.70 bits per heavy atom. The Balaban J connectivity index is 1.40. The number of hydrogen-bond donors (Lipinski definition) is 0. The zero-order valence-corrected chi connectivity index (χ0v) is 20.7. The molecule has 3 aromatic rings. The molecule has 1 aliphatic rings. The first kappa shape index (κ1) is 23.4. The number of sulfonamides is 1. The maximum Gasteiger partial charge on any atom is 0.243 e. The molecule has 1 fully saturated rings. The third kappa shape index (κ3) is 4.52. The lowest BCUT2D eigenvalue weighted by Crippen LogP contribution is -2.50. The summed E-state index contributed by atoms with van der Waals surface area (Å²) in [5.41, 5.74) is 6.33. The summed E-state index contributed by atoms with van der Waals surface area (Å²) < 4.78 is 29.6. The lowest BCUT2D eigenvalue weighted by molar-refractivity contribution is -0.132. The molecule has 0 spiro atoms. The molecule has 33 heavy (non-hydrogen) atoms. The SMILES string of the molecule is Cc1ccc(C)c(S(=O)(=O)N2CCN(C(=O)CCc3c(C)nc4cc(C)nn4c3C)CC2)c1. The fraction of sp³-hybridized carbons (Fsp3) is 0.458. The van der Waals surface area contributed by atoms with E-state index in [9.17, 15) is 13.2 Å². The van der Waals surface area contributed by atoms with Crippen molar-refractivity contribution in [2.45, 2.75) is 52.4 Å². The molecule has 0 unspecified atom stereocenters. The minimum Gasteiger partial charge on any atom is -0.340 e. The first-order valence-electron chi connectivity index (χ1n) is 11.3. The summed E-state index contributed by atoms with van der Waals surface area (Å²) in [7, 11) is -3.57. The fourth-order valence-electron chi connectivity index (χ4n) is 4.50. The van der Waals surface area contributed by atoms with Crippen LogP contribution in [0.15, 0.2) is 29.2 Å². The quantitative estimate of drug-likeness (QED) is 0.573. The maximum absolute atomic E-state index is 13.1. The number of nitrogens with zero attached hydrogens (tertiary/aromatic N) is 5. The molecule has 0 bridgehead atoms. The molecule has 0 saturated carbocycles.